The Kier molecular flexibility index (Phi) is 6.35. The molecule has 0 radical (unpaired) electrons. The Morgan fingerprint density at radius 3 is 2.60 bits per heavy atom. The normalized spacial score (nSPS) is 10.2. The number of hydrogen-bond acceptors (Lipinski definition) is 5. The van der Waals surface area contributed by atoms with E-state index in [4.69, 9.17) is 9.47 Å². The Morgan fingerprint density at radius 2 is 1.96 bits per heavy atom. The molecule has 0 unspecified atom stereocenters. The highest BCUT2D eigenvalue weighted by Gasteiger charge is 2.18. The number of nitrogens with one attached hydrogen (secondary N) is 1. The number of amides is 1. The molecule has 1 N–H and O–H groups in total. The quantitative estimate of drug-likeness (QED) is 0.541. The molecule has 0 bridgehead atoms. The van der Waals surface area contributed by atoms with Gasteiger partial charge < -0.3 is 14.8 Å². The summed E-state index contributed by atoms with van der Waals surface area (Å²) in [6.07, 6.45) is 0.801. The van der Waals surface area contributed by atoms with E-state index < -0.39 is 10.8 Å². The molecule has 0 fully saturated rings. The Morgan fingerprint density at radius 1 is 1.24 bits per heavy atom. The Hall–Kier alpha value is -2.61. The van der Waals surface area contributed by atoms with Crippen molar-refractivity contribution in [2.45, 2.75) is 13.3 Å². The molecule has 0 saturated heterocycles. The van der Waals surface area contributed by atoms with Crippen molar-refractivity contribution in [2.24, 2.45) is 0 Å². The molecular formula is C17H17BrN2O5. The number of carbonyl (C=O) groups is 1. The minimum absolute atomic E-state index is 0.146. The number of methoxy groups -OCH3 is 1. The van der Waals surface area contributed by atoms with Crippen LogP contribution in [0.2, 0.25) is 0 Å². The van der Waals surface area contributed by atoms with Crippen LogP contribution in [0.3, 0.4) is 0 Å². The molecule has 0 saturated carbocycles. The van der Waals surface area contributed by atoms with Gasteiger partial charge in [-0.2, -0.15) is 0 Å². The van der Waals surface area contributed by atoms with Crippen LogP contribution in [-0.2, 0) is 0 Å². The SMILES string of the molecule is CCCOc1ccc(Br)cc1C(=O)Nc1cc([N+](=O)[O-])ccc1OC. The average molecular weight is 409 g/mol. The second kappa shape index (κ2) is 8.48. The topological polar surface area (TPSA) is 90.7 Å². The van der Waals surface area contributed by atoms with E-state index in [1.54, 1.807) is 18.2 Å². The smallest absolute Gasteiger partial charge is 0.271 e. The molecule has 0 aliphatic rings. The van der Waals surface area contributed by atoms with Gasteiger partial charge in [-0.3, -0.25) is 14.9 Å². The van der Waals surface area contributed by atoms with Gasteiger partial charge in [0.15, 0.2) is 0 Å². The number of carbonyl (C=O) groups excluding carboxylic acids is 1. The van der Waals surface area contributed by atoms with E-state index >= 15 is 0 Å². The van der Waals surface area contributed by atoms with Crippen LogP contribution < -0.4 is 14.8 Å². The van der Waals surface area contributed by atoms with Crippen molar-refractivity contribution < 1.29 is 19.2 Å². The fraction of sp³-hybridized carbons (Fsp3) is 0.235. The summed E-state index contributed by atoms with van der Waals surface area (Å²) < 4.78 is 11.5. The molecule has 2 rings (SSSR count). The zero-order valence-corrected chi connectivity index (χ0v) is 15.3. The van der Waals surface area contributed by atoms with Crippen LogP contribution in [0.4, 0.5) is 11.4 Å². The molecule has 0 spiro atoms. The van der Waals surface area contributed by atoms with Crippen LogP contribution in [0.25, 0.3) is 0 Å². The molecule has 2 aromatic carbocycles. The molecular weight excluding hydrogens is 392 g/mol. The van der Waals surface area contributed by atoms with Crippen LogP contribution in [0.1, 0.15) is 23.7 Å². The molecule has 0 aliphatic carbocycles. The summed E-state index contributed by atoms with van der Waals surface area (Å²) in [5, 5.41) is 13.6. The van der Waals surface area contributed by atoms with Crippen LogP contribution in [0.15, 0.2) is 40.9 Å². The Bertz CT molecular complexity index is 795. The first-order valence-electron chi connectivity index (χ1n) is 7.52. The molecule has 1 amide bonds. The summed E-state index contributed by atoms with van der Waals surface area (Å²) in [7, 11) is 1.42. The maximum Gasteiger partial charge on any atom is 0.271 e. The zero-order chi connectivity index (χ0) is 18.4. The van der Waals surface area contributed by atoms with Gasteiger partial charge in [0.2, 0.25) is 0 Å². The third-order valence-corrected chi connectivity index (χ3v) is 3.78. The fourth-order valence-electron chi connectivity index (χ4n) is 2.11. The maximum absolute atomic E-state index is 12.7. The number of nitro benzene ring substituents is 1. The third kappa shape index (κ3) is 4.69. The van der Waals surface area contributed by atoms with Gasteiger partial charge in [0.05, 0.1) is 29.9 Å². The van der Waals surface area contributed by atoms with Crippen molar-refractivity contribution in [1.82, 2.24) is 0 Å². The Balaban J connectivity index is 2.35. The number of rotatable bonds is 7. The van der Waals surface area contributed by atoms with E-state index in [0.717, 1.165) is 6.42 Å². The molecule has 2 aromatic rings. The van der Waals surface area contributed by atoms with Crippen molar-refractivity contribution in [2.75, 3.05) is 19.0 Å². The fourth-order valence-corrected chi connectivity index (χ4v) is 2.48. The van der Waals surface area contributed by atoms with Gasteiger partial charge in [-0.25, -0.2) is 0 Å². The zero-order valence-electron chi connectivity index (χ0n) is 13.7. The van der Waals surface area contributed by atoms with Gasteiger partial charge >= 0.3 is 0 Å². The predicted octanol–water partition coefficient (Wildman–Crippen LogP) is 4.41. The number of nitrogens with zero attached hydrogens (tertiary/aromatic N) is 1. The van der Waals surface area contributed by atoms with Gasteiger partial charge in [-0.05, 0) is 30.7 Å². The lowest BCUT2D eigenvalue weighted by Crippen LogP contribution is -2.15. The molecule has 8 heteroatoms. The van der Waals surface area contributed by atoms with Crippen molar-refractivity contribution in [1.29, 1.82) is 0 Å². The number of halogens is 1. The van der Waals surface area contributed by atoms with Crippen molar-refractivity contribution in [3.63, 3.8) is 0 Å². The van der Waals surface area contributed by atoms with Crippen LogP contribution in [0.5, 0.6) is 11.5 Å². The summed E-state index contributed by atoms with van der Waals surface area (Å²) in [6, 6.07) is 9.09. The first-order valence-corrected chi connectivity index (χ1v) is 8.31. The van der Waals surface area contributed by atoms with Crippen LogP contribution >= 0.6 is 15.9 Å². The highest BCUT2D eigenvalue weighted by atomic mass is 79.9. The van der Waals surface area contributed by atoms with E-state index in [0.29, 0.717) is 28.1 Å². The van der Waals surface area contributed by atoms with Gasteiger partial charge in [-0.1, -0.05) is 22.9 Å². The predicted molar refractivity (Wildman–Crippen MR) is 97.5 cm³/mol. The van der Waals surface area contributed by atoms with Crippen molar-refractivity contribution >= 4 is 33.2 Å². The molecule has 132 valence electrons. The van der Waals surface area contributed by atoms with Crippen molar-refractivity contribution in [3.05, 3.63) is 56.5 Å². The summed E-state index contributed by atoms with van der Waals surface area (Å²) in [5.74, 6) is 0.308. The molecule has 7 nitrogen and oxygen atoms in total. The summed E-state index contributed by atoms with van der Waals surface area (Å²) in [4.78, 5) is 23.1. The second-order valence-electron chi connectivity index (χ2n) is 5.08. The first kappa shape index (κ1) is 18.7. The van der Waals surface area contributed by atoms with Gasteiger partial charge in [0.25, 0.3) is 11.6 Å². The van der Waals surface area contributed by atoms with E-state index in [9.17, 15) is 14.9 Å². The van der Waals surface area contributed by atoms with Crippen LogP contribution in [-0.4, -0.2) is 24.5 Å². The number of benzene rings is 2. The lowest BCUT2D eigenvalue weighted by atomic mass is 10.1. The van der Waals surface area contributed by atoms with E-state index in [1.165, 1.54) is 25.3 Å². The third-order valence-electron chi connectivity index (χ3n) is 3.29. The van der Waals surface area contributed by atoms with E-state index in [2.05, 4.69) is 21.2 Å². The summed E-state index contributed by atoms with van der Waals surface area (Å²) in [5.41, 5.74) is 0.382. The number of nitro groups is 1. The molecule has 0 aromatic heterocycles. The Labute approximate surface area is 153 Å². The monoisotopic (exact) mass is 408 g/mol. The standard InChI is InChI=1S/C17H17BrN2O5/c1-3-8-25-15-6-4-11(18)9-13(15)17(21)19-14-10-12(20(22)23)5-7-16(14)24-2/h4-7,9-10H,3,8H2,1-2H3,(H,19,21). The highest BCUT2D eigenvalue weighted by Crippen LogP contribution is 2.31. The molecule has 0 atom stereocenters. The first-order chi connectivity index (χ1) is 12.0. The summed E-state index contributed by atoms with van der Waals surface area (Å²) in [6.45, 7) is 2.44. The molecule has 0 aliphatic heterocycles. The number of anilines is 1. The summed E-state index contributed by atoms with van der Waals surface area (Å²) >= 11 is 3.33. The highest BCUT2D eigenvalue weighted by molar-refractivity contribution is 9.10. The lowest BCUT2D eigenvalue weighted by Gasteiger charge is -2.13. The molecule has 25 heavy (non-hydrogen) atoms. The minimum Gasteiger partial charge on any atom is -0.495 e. The molecule has 0 heterocycles. The van der Waals surface area contributed by atoms with Crippen molar-refractivity contribution in [3.8, 4) is 11.5 Å². The largest absolute Gasteiger partial charge is 0.495 e. The van der Waals surface area contributed by atoms with Gasteiger partial charge in [-0.15, -0.1) is 0 Å². The number of non-ortho nitro benzene ring substituents is 1. The van der Waals surface area contributed by atoms with Crippen LogP contribution in [0, 0.1) is 10.1 Å². The maximum atomic E-state index is 12.7. The second-order valence-corrected chi connectivity index (χ2v) is 6.00. The van der Waals surface area contributed by atoms with Gasteiger partial charge in [0.1, 0.15) is 11.5 Å². The lowest BCUT2D eigenvalue weighted by molar-refractivity contribution is -0.384. The minimum atomic E-state index is -0.538. The van der Waals surface area contributed by atoms with E-state index in [1.807, 2.05) is 6.92 Å². The van der Waals surface area contributed by atoms with Gasteiger partial charge in [0, 0.05) is 16.6 Å². The average Bonchev–Trinajstić information content (AvgIpc) is 2.60. The van der Waals surface area contributed by atoms with E-state index in [-0.39, 0.29) is 11.4 Å². The number of hydrogen-bond donors (Lipinski definition) is 1. The number of ether oxygens (including phenoxy) is 2.